The van der Waals surface area contributed by atoms with Crippen LogP contribution in [0.3, 0.4) is 0 Å². The van der Waals surface area contributed by atoms with Gasteiger partial charge >= 0.3 is 0 Å². The zero-order valence-corrected chi connectivity index (χ0v) is 12.2. The van der Waals surface area contributed by atoms with Crippen molar-refractivity contribution < 1.29 is 9.59 Å². The van der Waals surface area contributed by atoms with Crippen LogP contribution in [0.25, 0.3) is 0 Å². The zero-order chi connectivity index (χ0) is 13.3. The van der Waals surface area contributed by atoms with E-state index in [4.69, 9.17) is 0 Å². The average Bonchev–Trinajstić information content (AvgIpc) is 2.90. The molecule has 1 aliphatic carbocycles. The van der Waals surface area contributed by atoms with Gasteiger partial charge in [0.15, 0.2) is 0 Å². The van der Waals surface area contributed by atoms with Gasteiger partial charge in [-0.15, -0.1) is 11.8 Å². The number of hydrogen-bond donors (Lipinski definition) is 1. The van der Waals surface area contributed by atoms with Gasteiger partial charge in [0.1, 0.15) is 6.04 Å². The van der Waals surface area contributed by atoms with Gasteiger partial charge < -0.3 is 10.2 Å². The Bertz CT molecular complexity index is 347. The van der Waals surface area contributed by atoms with Gasteiger partial charge in [0, 0.05) is 18.2 Å². The molecule has 2 amide bonds. The third-order valence-electron chi connectivity index (χ3n) is 3.11. The first-order valence-electron chi connectivity index (χ1n) is 6.54. The Kier molecular flexibility index (Phi) is 3.90. The molecule has 2 rings (SSSR count). The van der Waals surface area contributed by atoms with Crippen LogP contribution >= 0.6 is 11.8 Å². The highest BCUT2D eigenvalue weighted by atomic mass is 32.2. The molecule has 18 heavy (non-hydrogen) atoms. The molecule has 1 saturated carbocycles. The van der Waals surface area contributed by atoms with Gasteiger partial charge in [-0.1, -0.05) is 20.8 Å². The Hall–Kier alpha value is -0.710. The maximum Gasteiger partial charge on any atom is 0.243 e. The molecule has 0 aromatic carbocycles. The van der Waals surface area contributed by atoms with Crippen LogP contribution in [-0.2, 0) is 9.59 Å². The predicted molar refractivity (Wildman–Crippen MR) is 73.2 cm³/mol. The topological polar surface area (TPSA) is 49.4 Å². The fourth-order valence-electron chi connectivity index (χ4n) is 1.99. The summed E-state index contributed by atoms with van der Waals surface area (Å²) in [6.07, 6.45) is 2.67. The number of carbonyl (C=O) groups excluding carboxylic acids is 2. The van der Waals surface area contributed by atoms with Crippen molar-refractivity contribution in [3.63, 3.8) is 0 Å². The summed E-state index contributed by atoms with van der Waals surface area (Å²) in [6.45, 7) is 6.15. The van der Waals surface area contributed by atoms with Crippen LogP contribution in [0.15, 0.2) is 0 Å². The summed E-state index contributed by atoms with van der Waals surface area (Å²) in [5.74, 6) is 1.51. The molecule has 2 aliphatic rings. The van der Waals surface area contributed by atoms with Crippen LogP contribution in [0.1, 0.15) is 40.0 Å². The van der Waals surface area contributed by atoms with E-state index in [9.17, 15) is 9.59 Å². The molecule has 1 aliphatic heterocycles. The van der Waals surface area contributed by atoms with Crippen molar-refractivity contribution in [1.29, 1.82) is 0 Å². The maximum atomic E-state index is 12.2. The van der Waals surface area contributed by atoms with Crippen molar-refractivity contribution in [1.82, 2.24) is 10.2 Å². The van der Waals surface area contributed by atoms with E-state index in [1.165, 1.54) is 0 Å². The third kappa shape index (κ3) is 3.64. The molecule has 0 aromatic rings. The molecule has 2 fully saturated rings. The molecule has 0 unspecified atom stereocenters. The number of carbonyl (C=O) groups is 2. The standard InChI is InChI=1S/C13H22N2O2S/c1-13(2,3)6-11(16)15-8-18-7-10(15)12(17)14-9-4-5-9/h9-10H,4-8H2,1-3H3,(H,14,17)/t10-/m1/s1. The van der Waals surface area contributed by atoms with Crippen LogP contribution < -0.4 is 5.32 Å². The molecular weight excluding hydrogens is 248 g/mol. The van der Waals surface area contributed by atoms with E-state index in [-0.39, 0.29) is 23.3 Å². The second kappa shape index (κ2) is 5.11. The average molecular weight is 270 g/mol. The van der Waals surface area contributed by atoms with Crippen LogP contribution in [0.5, 0.6) is 0 Å². The molecular formula is C13H22N2O2S. The number of thioether (sulfide) groups is 1. The molecule has 102 valence electrons. The molecule has 0 radical (unpaired) electrons. The van der Waals surface area contributed by atoms with Gasteiger partial charge in [-0.2, -0.15) is 0 Å². The molecule has 0 aromatic heterocycles. The van der Waals surface area contributed by atoms with Crippen LogP contribution in [0, 0.1) is 5.41 Å². The largest absolute Gasteiger partial charge is 0.352 e. The number of nitrogens with zero attached hydrogens (tertiary/aromatic N) is 1. The van der Waals surface area contributed by atoms with E-state index >= 15 is 0 Å². The Labute approximate surface area is 113 Å². The van der Waals surface area contributed by atoms with Crippen molar-refractivity contribution in [2.75, 3.05) is 11.6 Å². The number of hydrogen-bond acceptors (Lipinski definition) is 3. The second-order valence-electron chi connectivity index (χ2n) is 6.40. The first kappa shape index (κ1) is 13.7. The fourth-order valence-corrected chi connectivity index (χ4v) is 3.17. The minimum absolute atomic E-state index is 0.0259. The normalized spacial score (nSPS) is 24.2. The third-order valence-corrected chi connectivity index (χ3v) is 4.12. The zero-order valence-electron chi connectivity index (χ0n) is 11.4. The lowest BCUT2D eigenvalue weighted by Gasteiger charge is -2.26. The predicted octanol–water partition coefficient (Wildman–Crippen LogP) is 1.60. The van der Waals surface area contributed by atoms with Gasteiger partial charge in [-0.05, 0) is 18.3 Å². The Morgan fingerprint density at radius 1 is 1.33 bits per heavy atom. The fraction of sp³-hybridized carbons (Fsp3) is 0.846. The Balaban J connectivity index is 1.93. The van der Waals surface area contributed by atoms with Crippen molar-refractivity contribution in [3.8, 4) is 0 Å². The van der Waals surface area contributed by atoms with Gasteiger partial charge in [0.2, 0.25) is 11.8 Å². The summed E-state index contributed by atoms with van der Waals surface area (Å²) < 4.78 is 0. The summed E-state index contributed by atoms with van der Waals surface area (Å²) in [7, 11) is 0. The van der Waals surface area contributed by atoms with Crippen molar-refractivity contribution in [3.05, 3.63) is 0 Å². The van der Waals surface area contributed by atoms with Crippen molar-refractivity contribution in [2.45, 2.75) is 52.1 Å². The number of amides is 2. The van der Waals surface area contributed by atoms with Gasteiger partial charge in [-0.25, -0.2) is 0 Å². The van der Waals surface area contributed by atoms with Crippen molar-refractivity contribution >= 4 is 23.6 Å². The van der Waals surface area contributed by atoms with E-state index < -0.39 is 0 Å². The second-order valence-corrected chi connectivity index (χ2v) is 7.40. The van der Waals surface area contributed by atoms with Crippen LogP contribution in [-0.4, -0.2) is 40.4 Å². The highest BCUT2D eigenvalue weighted by Gasteiger charge is 2.37. The Morgan fingerprint density at radius 3 is 2.56 bits per heavy atom. The maximum absolute atomic E-state index is 12.2. The molecule has 0 spiro atoms. The quantitative estimate of drug-likeness (QED) is 0.847. The Morgan fingerprint density at radius 2 is 2.00 bits per heavy atom. The van der Waals surface area contributed by atoms with Crippen LogP contribution in [0.2, 0.25) is 0 Å². The number of rotatable bonds is 3. The molecule has 1 saturated heterocycles. The molecule has 4 nitrogen and oxygen atoms in total. The van der Waals surface area contributed by atoms with E-state index in [1.807, 2.05) is 20.8 Å². The summed E-state index contributed by atoms with van der Waals surface area (Å²) in [6, 6.07) is 0.105. The van der Waals surface area contributed by atoms with Crippen molar-refractivity contribution in [2.24, 2.45) is 5.41 Å². The van der Waals surface area contributed by atoms with Gasteiger partial charge in [-0.3, -0.25) is 9.59 Å². The number of nitrogens with one attached hydrogen (secondary N) is 1. The van der Waals surface area contributed by atoms with E-state index in [0.29, 0.717) is 18.3 Å². The minimum Gasteiger partial charge on any atom is -0.352 e. The summed E-state index contributed by atoms with van der Waals surface area (Å²) in [5, 5.41) is 3.00. The lowest BCUT2D eigenvalue weighted by Crippen LogP contribution is -2.48. The summed E-state index contributed by atoms with van der Waals surface area (Å²) in [4.78, 5) is 26.0. The van der Waals surface area contributed by atoms with Gasteiger partial charge in [0.25, 0.3) is 0 Å². The first-order chi connectivity index (χ1) is 8.37. The minimum atomic E-state index is -0.259. The van der Waals surface area contributed by atoms with Crippen LogP contribution in [0.4, 0.5) is 0 Å². The summed E-state index contributed by atoms with van der Waals surface area (Å²) in [5.41, 5.74) is -0.0259. The van der Waals surface area contributed by atoms with E-state index in [2.05, 4.69) is 5.32 Å². The van der Waals surface area contributed by atoms with E-state index in [0.717, 1.165) is 18.6 Å². The first-order valence-corrected chi connectivity index (χ1v) is 7.70. The lowest BCUT2D eigenvalue weighted by atomic mass is 9.91. The molecule has 5 heteroatoms. The lowest BCUT2D eigenvalue weighted by molar-refractivity contribution is -0.139. The smallest absolute Gasteiger partial charge is 0.243 e. The molecule has 0 bridgehead atoms. The van der Waals surface area contributed by atoms with Gasteiger partial charge in [0.05, 0.1) is 5.88 Å². The molecule has 1 N–H and O–H groups in total. The highest BCUT2D eigenvalue weighted by molar-refractivity contribution is 7.99. The highest BCUT2D eigenvalue weighted by Crippen LogP contribution is 2.27. The molecule has 1 heterocycles. The van der Waals surface area contributed by atoms with E-state index in [1.54, 1.807) is 16.7 Å². The SMILES string of the molecule is CC(C)(C)CC(=O)N1CSC[C@@H]1C(=O)NC1CC1. The summed E-state index contributed by atoms with van der Waals surface area (Å²) >= 11 is 1.66. The monoisotopic (exact) mass is 270 g/mol. The molecule has 1 atom stereocenters.